The van der Waals surface area contributed by atoms with Gasteiger partial charge < -0.3 is 15.1 Å². The van der Waals surface area contributed by atoms with Gasteiger partial charge in [-0.15, -0.1) is 0 Å². The number of H-pyrrole nitrogens is 1. The minimum absolute atomic E-state index is 0.0626. The van der Waals surface area contributed by atoms with Crippen LogP contribution in [0.25, 0.3) is 0 Å². The standard InChI is InChI=1S/C14H23N5O2/c1-10-6-12(17-16-10)8-15-14(21)11-7-13(20)19(9-11)5-4-18(2)3/h6,11H,4-5,7-9H2,1-3H3,(H,15,21)(H,16,17). The molecule has 1 saturated heterocycles. The molecular formula is C14H23N5O2. The first-order valence-corrected chi connectivity index (χ1v) is 7.17. The number of carbonyl (C=O) groups is 2. The summed E-state index contributed by atoms with van der Waals surface area (Å²) in [5.74, 6) is -0.260. The van der Waals surface area contributed by atoms with Gasteiger partial charge in [-0.1, -0.05) is 0 Å². The lowest BCUT2D eigenvalue weighted by atomic mass is 10.1. The molecule has 2 rings (SSSR count). The fourth-order valence-corrected chi connectivity index (χ4v) is 2.37. The van der Waals surface area contributed by atoms with Crippen molar-refractivity contribution in [1.29, 1.82) is 0 Å². The van der Waals surface area contributed by atoms with Gasteiger partial charge >= 0.3 is 0 Å². The van der Waals surface area contributed by atoms with Crippen LogP contribution in [0.5, 0.6) is 0 Å². The van der Waals surface area contributed by atoms with E-state index in [0.717, 1.165) is 17.9 Å². The molecule has 0 saturated carbocycles. The van der Waals surface area contributed by atoms with E-state index in [0.29, 0.717) is 26.1 Å². The molecular weight excluding hydrogens is 270 g/mol. The van der Waals surface area contributed by atoms with E-state index in [1.54, 1.807) is 4.90 Å². The molecule has 7 heteroatoms. The average Bonchev–Trinajstić information content (AvgIpc) is 3.00. The highest BCUT2D eigenvalue weighted by molar-refractivity contribution is 5.89. The number of hydrogen-bond acceptors (Lipinski definition) is 4. The molecule has 7 nitrogen and oxygen atoms in total. The van der Waals surface area contributed by atoms with Gasteiger partial charge in [-0.25, -0.2) is 0 Å². The number of aryl methyl sites for hydroxylation is 1. The summed E-state index contributed by atoms with van der Waals surface area (Å²) in [6.45, 7) is 4.31. The Labute approximate surface area is 124 Å². The zero-order chi connectivity index (χ0) is 15.4. The van der Waals surface area contributed by atoms with Crippen LogP contribution >= 0.6 is 0 Å². The molecule has 0 bridgehead atoms. The van der Waals surface area contributed by atoms with Gasteiger partial charge in [0.1, 0.15) is 0 Å². The molecule has 1 atom stereocenters. The van der Waals surface area contributed by atoms with Crippen molar-refractivity contribution in [2.45, 2.75) is 19.9 Å². The van der Waals surface area contributed by atoms with Crippen LogP contribution in [-0.4, -0.2) is 65.5 Å². The van der Waals surface area contributed by atoms with Crippen molar-refractivity contribution in [3.63, 3.8) is 0 Å². The molecule has 0 radical (unpaired) electrons. The molecule has 0 aromatic carbocycles. The number of aromatic amines is 1. The Hall–Kier alpha value is -1.89. The van der Waals surface area contributed by atoms with Crippen molar-refractivity contribution >= 4 is 11.8 Å². The van der Waals surface area contributed by atoms with E-state index in [4.69, 9.17) is 0 Å². The molecule has 21 heavy (non-hydrogen) atoms. The Kier molecular flexibility index (Phi) is 4.95. The molecule has 2 N–H and O–H groups in total. The molecule has 0 aliphatic carbocycles. The number of rotatable bonds is 6. The molecule has 2 heterocycles. The number of hydrogen-bond donors (Lipinski definition) is 2. The Balaban J connectivity index is 1.79. The molecule has 2 amide bonds. The molecule has 116 valence electrons. The highest BCUT2D eigenvalue weighted by atomic mass is 16.2. The summed E-state index contributed by atoms with van der Waals surface area (Å²) in [5, 5.41) is 9.75. The van der Waals surface area contributed by atoms with Gasteiger partial charge in [-0.2, -0.15) is 5.10 Å². The molecule has 1 fully saturated rings. The third kappa shape index (κ3) is 4.29. The van der Waals surface area contributed by atoms with E-state index in [2.05, 4.69) is 15.5 Å². The van der Waals surface area contributed by atoms with E-state index in [1.165, 1.54) is 0 Å². The Morgan fingerprint density at radius 3 is 2.95 bits per heavy atom. The number of nitrogens with zero attached hydrogens (tertiary/aromatic N) is 3. The van der Waals surface area contributed by atoms with Crippen molar-refractivity contribution in [3.05, 3.63) is 17.5 Å². The lowest BCUT2D eigenvalue weighted by Gasteiger charge is -2.19. The normalized spacial score (nSPS) is 18.6. The van der Waals surface area contributed by atoms with Crippen LogP contribution in [0.15, 0.2) is 6.07 Å². The minimum atomic E-state index is -0.250. The summed E-state index contributed by atoms with van der Waals surface area (Å²) in [6.07, 6.45) is 0.304. The summed E-state index contributed by atoms with van der Waals surface area (Å²) in [5.41, 5.74) is 1.76. The Morgan fingerprint density at radius 1 is 1.57 bits per heavy atom. The molecule has 1 aromatic heterocycles. The van der Waals surface area contributed by atoms with Gasteiger partial charge in [-0.3, -0.25) is 14.7 Å². The highest BCUT2D eigenvalue weighted by Gasteiger charge is 2.33. The topological polar surface area (TPSA) is 81.3 Å². The largest absolute Gasteiger partial charge is 0.350 e. The van der Waals surface area contributed by atoms with Crippen LogP contribution in [0.4, 0.5) is 0 Å². The third-order valence-corrected chi connectivity index (χ3v) is 3.61. The van der Waals surface area contributed by atoms with Crippen LogP contribution in [0.2, 0.25) is 0 Å². The van der Waals surface area contributed by atoms with Crippen LogP contribution in [0.3, 0.4) is 0 Å². The number of likely N-dealkylation sites (N-methyl/N-ethyl adjacent to an activating group) is 1. The smallest absolute Gasteiger partial charge is 0.225 e. The maximum Gasteiger partial charge on any atom is 0.225 e. The summed E-state index contributed by atoms with van der Waals surface area (Å²) in [6, 6.07) is 1.89. The van der Waals surface area contributed by atoms with E-state index < -0.39 is 0 Å². The second-order valence-electron chi connectivity index (χ2n) is 5.80. The SMILES string of the molecule is Cc1cc(CNC(=O)C2CC(=O)N(CCN(C)C)C2)n[nH]1. The van der Waals surface area contributed by atoms with Crippen molar-refractivity contribution in [2.24, 2.45) is 5.92 Å². The summed E-state index contributed by atoms with van der Waals surface area (Å²) >= 11 is 0. The van der Waals surface area contributed by atoms with E-state index in [-0.39, 0.29) is 17.7 Å². The lowest BCUT2D eigenvalue weighted by Crippen LogP contribution is -2.35. The zero-order valence-electron chi connectivity index (χ0n) is 12.8. The van der Waals surface area contributed by atoms with Gasteiger partial charge in [0.2, 0.25) is 11.8 Å². The minimum Gasteiger partial charge on any atom is -0.350 e. The second kappa shape index (κ2) is 6.71. The maximum atomic E-state index is 12.1. The van der Waals surface area contributed by atoms with Crippen LogP contribution in [0, 0.1) is 12.8 Å². The number of nitrogens with one attached hydrogen (secondary N) is 2. The summed E-state index contributed by atoms with van der Waals surface area (Å²) in [7, 11) is 3.94. The van der Waals surface area contributed by atoms with Gasteiger partial charge in [0, 0.05) is 31.7 Å². The Bertz CT molecular complexity index is 511. The first-order valence-electron chi connectivity index (χ1n) is 7.17. The number of amides is 2. The van der Waals surface area contributed by atoms with Gasteiger partial charge in [0.15, 0.2) is 0 Å². The molecule has 0 spiro atoms. The predicted molar refractivity (Wildman–Crippen MR) is 78.4 cm³/mol. The Morgan fingerprint density at radius 2 is 2.33 bits per heavy atom. The van der Waals surface area contributed by atoms with Crippen molar-refractivity contribution in [2.75, 3.05) is 33.7 Å². The first-order chi connectivity index (χ1) is 9.95. The second-order valence-corrected chi connectivity index (χ2v) is 5.80. The monoisotopic (exact) mass is 293 g/mol. The highest BCUT2D eigenvalue weighted by Crippen LogP contribution is 2.17. The van der Waals surface area contributed by atoms with Crippen molar-refractivity contribution < 1.29 is 9.59 Å². The van der Waals surface area contributed by atoms with Gasteiger partial charge in [0.05, 0.1) is 18.2 Å². The van der Waals surface area contributed by atoms with E-state index in [1.807, 2.05) is 32.0 Å². The molecule has 1 aliphatic rings. The molecule has 1 unspecified atom stereocenters. The molecule has 1 aliphatic heterocycles. The zero-order valence-corrected chi connectivity index (χ0v) is 12.8. The number of carbonyl (C=O) groups excluding carboxylic acids is 2. The fourth-order valence-electron chi connectivity index (χ4n) is 2.37. The average molecular weight is 293 g/mol. The van der Waals surface area contributed by atoms with Crippen LogP contribution < -0.4 is 5.32 Å². The predicted octanol–water partition coefficient (Wildman–Crippen LogP) is -0.256. The van der Waals surface area contributed by atoms with Gasteiger partial charge in [0.25, 0.3) is 0 Å². The van der Waals surface area contributed by atoms with Crippen LogP contribution in [0.1, 0.15) is 17.8 Å². The summed E-state index contributed by atoms with van der Waals surface area (Å²) in [4.78, 5) is 27.8. The third-order valence-electron chi connectivity index (χ3n) is 3.61. The van der Waals surface area contributed by atoms with Crippen molar-refractivity contribution in [3.8, 4) is 0 Å². The summed E-state index contributed by atoms with van der Waals surface area (Å²) < 4.78 is 0. The van der Waals surface area contributed by atoms with Gasteiger partial charge in [-0.05, 0) is 27.1 Å². The van der Waals surface area contributed by atoms with E-state index in [9.17, 15) is 9.59 Å². The lowest BCUT2D eigenvalue weighted by molar-refractivity contribution is -0.129. The van der Waals surface area contributed by atoms with E-state index >= 15 is 0 Å². The number of aromatic nitrogens is 2. The van der Waals surface area contributed by atoms with Crippen molar-refractivity contribution in [1.82, 2.24) is 25.3 Å². The maximum absolute atomic E-state index is 12.1. The molecule has 1 aromatic rings. The number of likely N-dealkylation sites (tertiary alicyclic amines) is 1. The fraction of sp³-hybridized carbons (Fsp3) is 0.643. The quantitative estimate of drug-likeness (QED) is 0.757. The first kappa shape index (κ1) is 15.5. The van der Waals surface area contributed by atoms with Crippen LogP contribution in [-0.2, 0) is 16.1 Å².